The summed E-state index contributed by atoms with van der Waals surface area (Å²) >= 11 is 0. The molecule has 4 N–H and O–H groups in total. The number of benzene rings is 1. The van der Waals surface area contributed by atoms with E-state index in [4.69, 9.17) is 5.73 Å². The van der Waals surface area contributed by atoms with E-state index in [-0.39, 0.29) is 23.2 Å². The number of phenolic OH excluding ortho intramolecular Hbond substituents is 1. The molecule has 1 aromatic rings. The van der Waals surface area contributed by atoms with Gasteiger partial charge in [0.05, 0.1) is 17.6 Å². The zero-order valence-corrected chi connectivity index (χ0v) is 10.0. The molecular formula is C11H15NO4S. The molecule has 94 valence electrons. The summed E-state index contributed by atoms with van der Waals surface area (Å²) in [5.74, 6) is -0.255. The molecule has 2 rings (SSSR count). The number of anilines is 1. The van der Waals surface area contributed by atoms with Crippen LogP contribution in [0.25, 0.3) is 0 Å². The molecule has 1 fully saturated rings. The highest BCUT2D eigenvalue weighted by Crippen LogP contribution is 2.35. The number of phenols is 1. The summed E-state index contributed by atoms with van der Waals surface area (Å²) < 4.78 is 22.7. The summed E-state index contributed by atoms with van der Waals surface area (Å²) in [4.78, 5) is 0. The Hall–Kier alpha value is -1.27. The number of aliphatic hydroxyl groups excluding tert-OH is 1. The van der Waals surface area contributed by atoms with Gasteiger partial charge in [0, 0.05) is 17.2 Å². The molecule has 0 bridgehead atoms. The van der Waals surface area contributed by atoms with E-state index in [0.29, 0.717) is 17.7 Å². The van der Waals surface area contributed by atoms with Crippen LogP contribution < -0.4 is 5.73 Å². The summed E-state index contributed by atoms with van der Waals surface area (Å²) in [6, 6.07) is 4.30. The smallest absolute Gasteiger partial charge is 0.150 e. The molecule has 0 saturated carbocycles. The van der Waals surface area contributed by atoms with Crippen LogP contribution in [0.2, 0.25) is 0 Å². The lowest BCUT2D eigenvalue weighted by Gasteiger charge is -2.18. The van der Waals surface area contributed by atoms with Crippen LogP contribution in [0.3, 0.4) is 0 Å². The SMILES string of the molecule is Nc1ccc(O)cc1C(O)C1CCS(=O)(=O)C1. The van der Waals surface area contributed by atoms with Crippen LogP contribution in [0.4, 0.5) is 5.69 Å². The molecule has 0 radical (unpaired) electrons. The number of hydrogen-bond acceptors (Lipinski definition) is 5. The van der Waals surface area contributed by atoms with Crippen LogP contribution in [0.15, 0.2) is 18.2 Å². The Morgan fingerprint density at radius 2 is 2.12 bits per heavy atom. The summed E-state index contributed by atoms with van der Waals surface area (Å²) in [6.07, 6.45) is -0.516. The van der Waals surface area contributed by atoms with Crippen molar-refractivity contribution in [2.75, 3.05) is 17.2 Å². The summed E-state index contributed by atoms with van der Waals surface area (Å²) in [5.41, 5.74) is 6.46. The van der Waals surface area contributed by atoms with E-state index in [1.165, 1.54) is 18.2 Å². The van der Waals surface area contributed by atoms with Crippen LogP contribution >= 0.6 is 0 Å². The summed E-state index contributed by atoms with van der Waals surface area (Å²) in [7, 11) is -3.03. The highest BCUT2D eigenvalue weighted by molar-refractivity contribution is 7.91. The van der Waals surface area contributed by atoms with Gasteiger partial charge in [-0.05, 0) is 24.6 Å². The predicted molar refractivity (Wildman–Crippen MR) is 64.2 cm³/mol. The van der Waals surface area contributed by atoms with Gasteiger partial charge in [-0.2, -0.15) is 0 Å². The van der Waals surface area contributed by atoms with Crippen molar-refractivity contribution in [3.05, 3.63) is 23.8 Å². The summed E-state index contributed by atoms with van der Waals surface area (Å²) in [5, 5.41) is 19.4. The molecule has 5 nitrogen and oxygen atoms in total. The lowest BCUT2D eigenvalue weighted by atomic mass is 9.94. The van der Waals surface area contributed by atoms with Gasteiger partial charge in [0.15, 0.2) is 9.84 Å². The minimum Gasteiger partial charge on any atom is -0.508 e. The zero-order chi connectivity index (χ0) is 12.6. The number of rotatable bonds is 2. The lowest BCUT2D eigenvalue weighted by molar-refractivity contribution is 0.121. The van der Waals surface area contributed by atoms with Gasteiger partial charge in [-0.3, -0.25) is 0 Å². The molecule has 0 aromatic heterocycles. The number of aliphatic hydroxyl groups is 1. The van der Waals surface area contributed by atoms with Gasteiger partial charge in [0.1, 0.15) is 5.75 Å². The van der Waals surface area contributed by atoms with Gasteiger partial charge in [0.25, 0.3) is 0 Å². The molecule has 1 aliphatic heterocycles. The van der Waals surface area contributed by atoms with E-state index in [1.54, 1.807) is 0 Å². The van der Waals surface area contributed by atoms with Crippen LogP contribution in [0.1, 0.15) is 18.1 Å². The van der Waals surface area contributed by atoms with Crippen molar-refractivity contribution in [2.45, 2.75) is 12.5 Å². The fourth-order valence-electron chi connectivity index (χ4n) is 2.15. The molecule has 6 heteroatoms. The molecule has 1 aromatic carbocycles. The number of sulfone groups is 1. The predicted octanol–water partition coefficient (Wildman–Crippen LogP) is 0.443. The zero-order valence-electron chi connectivity index (χ0n) is 9.20. The van der Waals surface area contributed by atoms with Crippen molar-refractivity contribution >= 4 is 15.5 Å². The van der Waals surface area contributed by atoms with Crippen molar-refractivity contribution in [3.8, 4) is 5.75 Å². The standard InChI is InChI=1S/C11H15NO4S/c12-10-2-1-8(13)5-9(10)11(14)7-3-4-17(15,16)6-7/h1-2,5,7,11,13-14H,3-4,6,12H2. The first-order valence-corrected chi connectivity index (χ1v) is 7.18. The van der Waals surface area contributed by atoms with Crippen LogP contribution in [0, 0.1) is 5.92 Å². The van der Waals surface area contributed by atoms with Crippen LogP contribution in [-0.2, 0) is 9.84 Å². The Labute approximate surface area is 99.8 Å². The molecule has 17 heavy (non-hydrogen) atoms. The number of nitrogens with two attached hydrogens (primary N) is 1. The van der Waals surface area contributed by atoms with Crippen molar-refractivity contribution in [1.82, 2.24) is 0 Å². The largest absolute Gasteiger partial charge is 0.508 e. The molecule has 1 saturated heterocycles. The van der Waals surface area contributed by atoms with Crippen molar-refractivity contribution in [2.24, 2.45) is 5.92 Å². The molecule has 1 heterocycles. The van der Waals surface area contributed by atoms with Crippen molar-refractivity contribution in [3.63, 3.8) is 0 Å². The highest BCUT2D eigenvalue weighted by atomic mass is 32.2. The van der Waals surface area contributed by atoms with Gasteiger partial charge in [-0.1, -0.05) is 0 Å². The lowest BCUT2D eigenvalue weighted by Crippen LogP contribution is -2.15. The molecule has 0 spiro atoms. The normalized spacial score (nSPS) is 24.6. The summed E-state index contributed by atoms with van der Waals surface area (Å²) in [6.45, 7) is 0. The first kappa shape index (κ1) is 12.2. The average molecular weight is 257 g/mol. The van der Waals surface area contributed by atoms with Gasteiger partial charge >= 0.3 is 0 Å². The first-order chi connectivity index (χ1) is 7.89. The minimum absolute atomic E-state index is 0.00843. The molecule has 0 aliphatic carbocycles. The molecule has 1 aliphatic rings. The van der Waals surface area contributed by atoms with Gasteiger partial charge in [-0.15, -0.1) is 0 Å². The number of aromatic hydroxyl groups is 1. The molecule has 2 atom stereocenters. The van der Waals surface area contributed by atoms with Crippen LogP contribution in [-0.4, -0.2) is 30.1 Å². The highest BCUT2D eigenvalue weighted by Gasteiger charge is 2.34. The molecular weight excluding hydrogens is 242 g/mol. The third kappa shape index (κ3) is 2.53. The minimum atomic E-state index is -3.03. The topological polar surface area (TPSA) is 101 Å². The third-order valence-corrected chi connectivity index (χ3v) is 4.90. The van der Waals surface area contributed by atoms with E-state index in [0.717, 1.165) is 0 Å². The van der Waals surface area contributed by atoms with E-state index in [9.17, 15) is 18.6 Å². The second-order valence-electron chi connectivity index (χ2n) is 4.42. The maximum absolute atomic E-state index is 11.3. The maximum Gasteiger partial charge on any atom is 0.150 e. The second-order valence-corrected chi connectivity index (χ2v) is 6.65. The number of nitrogen functional groups attached to an aromatic ring is 1. The second kappa shape index (κ2) is 4.19. The Kier molecular flexibility index (Phi) is 3.01. The molecule has 2 unspecified atom stereocenters. The Bertz CT molecular complexity index is 526. The van der Waals surface area contributed by atoms with E-state index >= 15 is 0 Å². The fourth-order valence-corrected chi connectivity index (χ4v) is 3.97. The van der Waals surface area contributed by atoms with Gasteiger partial charge in [-0.25, -0.2) is 8.42 Å². The van der Waals surface area contributed by atoms with E-state index < -0.39 is 15.9 Å². The third-order valence-electron chi connectivity index (χ3n) is 3.10. The Balaban J connectivity index is 2.26. The maximum atomic E-state index is 11.3. The number of hydrogen-bond donors (Lipinski definition) is 3. The van der Waals surface area contributed by atoms with Gasteiger partial charge in [0.2, 0.25) is 0 Å². The van der Waals surface area contributed by atoms with Crippen molar-refractivity contribution < 1.29 is 18.6 Å². The first-order valence-electron chi connectivity index (χ1n) is 5.36. The fraction of sp³-hybridized carbons (Fsp3) is 0.455. The quantitative estimate of drug-likeness (QED) is 0.527. The monoisotopic (exact) mass is 257 g/mol. The van der Waals surface area contributed by atoms with E-state index in [2.05, 4.69) is 0 Å². The van der Waals surface area contributed by atoms with E-state index in [1.807, 2.05) is 0 Å². The van der Waals surface area contributed by atoms with Gasteiger partial charge < -0.3 is 15.9 Å². The Morgan fingerprint density at radius 1 is 1.41 bits per heavy atom. The molecule has 0 amide bonds. The average Bonchev–Trinajstić information content (AvgIpc) is 2.61. The van der Waals surface area contributed by atoms with Crippen LogP contribution in [0.5, 0.6) is 5.75 Å². The van der Waals surface area contributed by atoms with Crippen molar-refractivity contribution in [1.29, 1.82) is 0 Å². The Morgan fingerprint density at radius 3 is 2.71 bits per heavy atom.